The Hall–Kier alpha value is -1.76. The van der Waals surface area contributed by atoms with Crippen LogP contribution in [0.25, 0.3) is 0 Å². The van der Waals surface area contributed by atoms with Gasteiger partial charge in [0.2, 0.25) is 15.2 Å². The van der Waals surface area contributed by atoms with Gasteiger partial charge in [0.15, 0.2) is 4.34 Å². The van der Waals surface area contributed by atoms with Crippen LogP contribution in [0.3, 0.4) is 0 Å². The van der Waals surface area contributed by atoms with Crippen molar-refractivity contribution in [2.75, 3.05) is 25.0 Å². The predicted octanol–water partition coefficient (Wildman–Crippen LogP) is 3.45. The molecule has 0 radical (unpaired) electrons. The molecule has 0 bridgehead atoms. The fourth-order valence-electron chi connectivity index (χ4n) is 2.83. The van der Waals surface area contributed by atoms with Gasteiger partial charge in [0.05, 0.1) is 14.7 Å². The lowest BCUT2D eigenvalue weighted by molar-refractivity contribution is -0.388. The average Bonchev–Trinajstić information content (AvgIpc) is 3.09. The highest BCUT2D eigenvalue weighted by Gasteiger charge is 2.30. The highest BCUT2D eigenvalue weighted by molar-refractivity contribution is 8.01. The lowest BCUT2D eigenvalue weighted by atomic mass is 10.0. The van der Waals surface area contributed by atoms with E-state index in [1.54, 1.807) is 0 Å². The summed E-state index contributed by atoms with van der Waals surface area (Å²) in [4.78, 5) is 11.3. The van der Waals surface area contributed by atoms with Crippen LogP contribution in [0.2, 0.25) is 0 Å². The maximum absolute atomic E-state index is 12.9. The SMILES string of the molecule is CCNc1nnc(Sc2ccc(S(=O)(=O)N3CCC(C)CC3)cc2[N+](=O)[O-])s1. The van der Waals surface area contributed by atoms with E-state index in [0.29, 0.717) is 39.9 Å². The predicted molar refractivity (Wildman–Crippen MR) is 108 cm³/mol. The van der Waals surface area contributed by atoms with Crippen molar-refractivity contribution in [3.8, 4) is 0 Å². The van der Waals surface area contributed by atoms with Crippen LogP contribution in [0.1, 0.15) is 26.7 Å². The minimum Gasteiger partial charge on any atom is -0.360 e. The molecule has 0 amide bonds. The molecule has 12 heteroatoms. The Labute approximate surface area is 171 Å². The van der Waals surface area contributed by atoms with Gasteiger partial charge in [-0.15, -0.1) is 10.2 Å². The molecule has 0 aliphatic carbocycles. The van der Waals surface area contributed by atoms with Crippen molar-refractivity contribution >= 4 is 43.9 Å². The number of hydrogen-bond donors (Lipinski definition) is 1. The number of nitro groups is 1. The lowest BCUT2D eigenvalue weighted by Crippen LogP contribution is -2.37. The number of hydrogen-bond acceptors (Lipinski definition) is 9. The van der Waals surface area contributed by atoms with Gasteiger partial charge in [-0.05, 0) is 49.6 Å². The molecule has 2 aromatic rings. The van der Waals surface area contributed by atoms with Crippen molar-refractivity contribution in [2.24, 2.45) is 5.92 Å². The van der Waals surface area contributed by atoms with E-state index in [1.165, 1.54) is 27.8 Å². The number of sulfonamides is 1. The summed E-state index contributed by atoms with van der Waals surface area (Å²) in [6.45, 7) is 5.59. The van der Waals surface area contributed by atoms with E-state index in [0.717, 1.165) is 30.7 Å². The van der Waals surface area contributed by atoms with Crippen LogP contribution >= 0.6 is 23.1 Å². The van der Waals surface area contributed by atoms with Gasteiger partial charge in [-0.1, -0.05) is 18.3 Å². The number of nitrogens with one attached hydrogen (secondary N) is 1. The lowest BCUT2D eigenvalue weighted by Gasteiger charge is -2.29. The molecule has 1 saturated heterocycles. The van der Waals surface area contributed by atoms with Gasteiger partial charge >= 0.3 is 0 Å². The maximum atomic E-state index is 12.9. The first-order valence-corrected chi connectivity index (χ1v) is 11.9. The van der Waals surface area contributed by atoms with Crippen molar-refractivity contribution in [1.29, 1.82) is 0 Å². The molecule has 2 heterocycles. The zero-order valence-corrected chi connectivity index (χ0v) is 17.9. The van der Waals surface area contributed by atoms with Crippen LogP contribution < -0.4 is 5.32 Å². The van der Waals surface area contributed by atoms with E-state index in [9.17, 15) is 18.5 Å². The molecule has 152 valence electrons. The Morgan fingerprint density at radius 2 is 2.07 bits per heavy atom. The topological polar surface area (TPSA) is 118 Å². The third-order valence-corrected chi connectivity index (χ3v) is 8.33. The second-order valence-electron chi connectivity index (χ2n) is 6.48. The molecular formula is C16H21N5O4S3. The molecule has 1 aromatic heterocycles. The third kappa shape index (κ3) is 4.62. The molecule has 1 fully saturated rings. The van der Waals surface area contributed by atoms with Gasteiger partial charge in [-0.2, -0.15) is 4.31 Å². The molecule has 1 aliphatic rings. The first-order valence-electron chi connectivity index (χ1n) is 8.85. The molecule has 0 unspecified atom stereocenters. The fraction of sp³-hybridized carbons (Fsp3) is 0.500. The number of nitro benzene ring substituents is 1. The Balaban J connectivity index is 1.87. The number of rotatable bonds is 7. The molecule has 1 N–H and O–H groups in total. The number of piperidine rings is 1. The molecule has 3 rings (SSSR count). The van der Waals surface area contributed by atoms with Gasteiger partial charge in [0.1, 0.15) is 0 Å². The van der Waals surface area contributed by atoms with E-state index < -0.39 is 14.9 Å². The second-order valence-corrected chi connectivity index (χ2v) is 10.7. The van der Waals surface area contributed by atoms with Crippen LogP contribution in [0.5, 0.6) is 0 Å². The molecule has 0 saturated carbocycles. The Morgan fingerprint density at radius 1 is 1.36 bits per heavy atom. The monoisotopic (exact) mass is 443 g/mol. The van der Waals surface area contributed by atoms with E-state index in [4.69, 9.17) is 0 Å². The smallest absolute Gasteiger partial charge is 0.284 e. The van der Waals surface area contributed by atoms with Crippen LogP contribution in [0, 0.1) is 16.0 Å². The van der Waals surface area contributed by atoms with E-state index in [-0.39, 0.29) is 10.6 Å². The van der Waals surface area contributed by atoms with Crippen LogP contribution in [-0.4, -0.2) is 47.5 Å². The van der Waals surface area contributed by atoms with Crippen LogP contribution in [0.15, 0.2) is 32.3 Å². The summed E-state index contributed by atoms with van der Waals surface area (Å²) in [6.07, 6.45) is 1.58. The van der Waals surface area contributed by atoms with Crippen LogP contribution in [-0.2, 0) is 10.0 Å². The van der Waals surface area contributed by atoms with Crippen molar-refractivity contribution in [3.05, 3.63) is 28.3 Å². The van der Waals surface area contributed by atoms with E-state index in [1.807, 2.05) is 6.92 Å². The molecule has 1 aromatic carbocycles. The molecule has 9 nitrogen and oxygen atoms in total. The van der Waals surface area contributed by atoms with Gasteiger partial charge in [0, 0.05) is 25.7 Å². The first-order chi connectivity index (χ1) is 13.3. The van der Waals surface area contributed by atoms with E-state index in [2.05, 4.69) is 22.4 Å². The molecule has 0 atom stereocenters. The minimum atomic E-state index is -3.75. The summed E-state index contributed by atoms with van der Waals surface area (Å²) < 4.78 is 27.7. The normalized spacial score (nSPS) is 16.2. The standard InChI is InChI=1S/C16H21N5O4S3/c1-3-17-15-18-19-16(27-15)26-14-5-4-12(10-13(14)21(22)23)28(24,25)20-8-6-11(2)7-9-20/h4-5,10-11H,3,6-9H2,1-2H3,(H,17,18). The summed E-state index contributed by atoms with van der Waals surface area (Å²) in [7, 11) is -3.75. The molecular weight excluding hydrogens is 422 g/mol. The number of aromatic nitrogens is 2. The van der Waals surface area contributed by atoms with Crippen molar-refractivity contribution in [2.45, 2.75) is 40.8 Å². The Morgan fingerprint density at radius 3 is 2.71 bits per heavy atom. The summed E-state index contributed by atoms with van der Waals surface area (Å²) in [6, 6.07) is 4.04. The summed E-state index contributed by atoms with van der Waals surface area (Å²) in [5, 5.41) is 23.2. The largest absolute Gasteiger partial charge is 0.360 e. The molecule has 1 aliphatic heterocycles. The zero-order valence-electron chi connectivity index (χ0n) is 15.5. The second kappa shape index (κ2) is 8.72. The molecule has 28 heavy (non-hydrogen) atoms. The summed E-state index contributed by atoms with van der Waals surface area (Å²) in [5.41, 5.74) is -0.253. The summed E-state index contributed by atoms with van der Waals surface area (Å²) >= 11 is 2.39. The third-order valence-electron chi connectivity index (χ3n) is 4.44. The van der Waals surface area contributed by atoms with Gasteiger partial charge in [-0.25, -0.2) is 8.42 Å². The van der Waals surface area contributed by atoms with Crippen molar-refractivity contribution < 1.29 is 13.3 Å². The van der Waals surface area contributed by atoms with Crippen molar-refractivity contribution in [3.63, 3.8) is 0 Å². The maximum Gasteiger partial charge on any atom is 0.284 e. The number of nitrogens with zero attached hydrogens (tertiary/aromatic N) is 4. The summed E-state index contributed by atoms with van der Waals surface area (Å²) in [5.74, 6) is 0.485. The average molecular weight is 444 g/mol. The van der Waals surface area contributed by atoms with Gasteiger partial charge < -0.3 is 5.32 Å². The van der Waals surface area contributed by atoms with Crippen molar-refractivity contribution in [1.82, 2.24) is 14.5 Å². The van der Waals surface area contributed by atoms with Gasteiger partial charge in [0.25, 0.3) is 5.69 Å². The number of benzene rings is 1. The minimum absolute atomic E-state index is 0.0521. The molecule has 0 spiro atoms. The van der Waals surface area contributed by atoms with Gasteiger partial charge in [-0.3, -0.25) is 10.1 Å². The number of anilines is 1. The Kier molecular flexibility index (Phi) is 6.53. The zero-order chi connectivity index (χ0) is 20.3. The highest BCUT2D eigenvalue weighted by Crippen LogP contribution is 2.38. The van der Waals surface area contributed by atoms with E-state index >= 15 is 0 Å². The highest BCUT2D eigenvalue weighted by atomic mass is 32.2. The Bertz CT molecular complexity index is 955. The van der Waals surface area contributed by atoms with Crippen LogP contribution in [0.4, 0.5) is 10.8 Å². The first kappa shape index (κ1) is 21.0. The fourth-order valence-corrected chi connectivity index (χ4v) is 6.18. The quantitative estimate of drug-likeness (QED) is 0.510.